The minimum atomic E-state index is -0.447. The minimum absolute atomic E-state index is 0.246. The Labute approximate surface area is 99.1 Å². The van der Waals surface area contributed by atoms with E-state index in [9.17, 15) is 9.59 Å². The van der Waals surface area contributed by atoms with Crippen LogP contribution in [-0.2, 0) is 4.74 Å². The van der Waals surface area contributed by atoms with Crippen molar-refractivity contribution in [2.45, 2.75) is 6.92 Å². The number of methoxy groups -OCH3 is 1. The zero-order valence-electron chi connectivity index (χ0n) is 8.54. The smallest absolute Gasteiger partial charge is 0.348 e. The summed E-state index contributed by atoms with van der Waals surface area (Å²) in [5, 5.41) is 0.457. The van der Waals surface area contributed by atoms with E-state index in [1.165, 1.54) is 18.4 Å². The number of fused-ring (bicyclic) bond motifs is 1. The van der Waals surface area contributed by atoms with Gasteiger partial charge in [-0.05, 0) is 24.7 Å². The summed E-state index contributed by atoms with van der Waals surface area (Å²) in [6, 6.07) is 0. The summed E-state index contributed by atoms with van der Waals surface area (Å²) < 4.78 is 4.88. The third-order valence-corrected chi connectivity index (χ3v) is 3.59. The number of rotatable bonds is 1. The standard InChI is InChI=1S/C9H8N2O3S2/c1-3-4-6(12)10-9(15)11-7(4)16-5(3)8(13)14-2/h1-2H3,(H2,10,11,12,15). The number of hydrogen-bond acceptors (Lipinski definition) is 5. The number of nitrogens with one attached hydrogen (secondary N) is 2. The molecule has 84 valence electrons. The number of hydrogen-bond donors (Lipinski definition) is 2. The third kappa shape index (κ3) is 1.57. The van der Waals surface area contributed by atoms with E-state index in [0.29, 0.717) is 20.7 Å². The van der Waals surface area contributed by atoms with Crippen molar-refractivity contribution < 1.29 is 9.53 Å². The second kappa shape index (κ2) is 3.84. The molecule has 0 aromatic carbocycles. The zero-order chi connectivity index (χ0) is 11.9. The molecule has 0 saturated carbocycles. The molecule has 16 heavy (non-hydrogen) atoms. The van der Waals surface area contributed by atoms with Crippen LogP contribution in [0, 0.1) is 11.7 Å². The van der Waals surface area contributed by atoms with Gasteiger partial charge in [0.05, 0.1) is 12.5 Å². The molecule has 0 spiro atoms. The van der Waals surface area contributed by atoms with E-state index in [1.54, 1.807) is 6.92 Å². The molecule has 5 nitrogen and oxygen atoms in total. The molecule has 2 aromatic rings. The number of aryl methyl sites for hydroxylation is 1. The zero-order valence-corrected chi connectivity index (χ0v) is 10.2. The van der Waals surface area contributed by atoms with Crippen LogP contribution in [0.5, 0.6) is 0 Å². The van der Waals surface area contributed by atoms with E-state index in [1.807, 2.05) is 0 Å². The molecule has 0 amide bonds. The van der Waals surface area contributed by atoms with Gasteiger partial charge >= 0.3 is 5.97 Å². The number of aromatic nitrogens is 2. The highest BCUT2D eigenvalue weighted by Gasteiger charge is 2.18. The van der Waals surface area contributed by atoms with Gasteiger partial charge in [-0.15, -0.1) is 11.3 Å². The second-order valence-corrected chi connectivity index (χ2v) is 4.59. The van der Waals surface area contributed by atoms with Crippen molar-refractivity contribution in [2.75, 3.05) is 7.11 Å². The topological polar surface area (TPSA) is 75.0 Å². The molecule has 0 bridgehead atoms. The van der Waals surface area contributed by atoms with Crippen LogP contribution >= 0.6 is 23.6 Å². The van der Waals surface area contributed by atoms with Crippen molar-refractivity contribution in [1.82, 2.24) is 9.97 Å². The van der Waals surface area contributed by atoms with Crippen molar-refractivity contribution in [2.24, 2.45) is 0 Å². The minimum Gasteiger partial charge on any atom is -0.465 e. The molecule has 0 fully saturated rings. The van der Waals surface area contributed by atoms with Crippen molar-refractivity contribution in [3.05, 3.63) is 25.6 Å². The van der Waals surface area contributed by atoms with Crippen LogP contribution in [0.1, 0.15) is 15.2 Å². The molecule has 0 aliphatic carbocycles. The highest BCUT2D eigenvalue weighted by Crippen LogP contribution is 2.26. The molecule has 0 aliphatic heterocycles. The Morgan fingerprint density at radius 2 is 2.12 bits per heavy atom. The summed E-state index contributed by atoms with van der Waals surface area (Å²) in [7, 11) is 1.30. The molecule has 2 N–H and O–H groups in total. The Bertz CT molecular complexity index is 680. The predicted molar refractivity (Wildman–Crippen MR) is 63.7 cm³/mol. The van der Waals surface area contributed by atoms with Gasteiger partial charge in [0.25, 0.3) is 5.56 Å². The van der Waals surface area contributed by atoms with E-state index in [0.717, 1.165) is 0 Å². The van der Waals surface area contributed by atoms with E-state index in [2.05, 4.69) is 14.7 Å². The molecule has 0 unspecified atom stereocenters. The highest BCUT2D eigenvalue weighted by atomic mass is 32.1. The van der Waals surface area contributed by atoms with E-state index in [4.69, 9.17) is 12.2 Å². The van der Waals surface area contributed by atoms with Crippen LogP contribution in [0.4, 0.5) is 0 Å². The number of ether oxygens (including phenoxy) is 1. The fraction of sp³-hybridized carbons (Fsp3) is 0.222. The van der Waals surface area contributed by atoms with Gasteiger partial charge in [0.2, 0.25) is 0 Å². The normalized spacial score (nSPS) is 10.6. The lowest BCUT2D eigenvalue weighted by molar-refractivity contribution is 0.0605. The number of H-pyrrole nitrogens is 2. The first-order valence-electron chi connectivity index (χ1n) is 4.38. The second-order valence-electron chi connectivity index (χ2n) is 3.16. The van der Waals surface area contributed by atoms with Crippen LogP contribution in [0.25, 0.3) is 10.2 Å². The van der Waals surface area contributed by atoms with Crippen molar-refractivity contribution in [3.8, 4) is 0 Å². The van der Waals surface area contributed by atoms with E-state index in [-0.39, 0.29) is 10.3 Å². The first-order chi connectivity index (χ1) is 7.54. The van der Waals surface area contributed by atoms with Crippen LogP contribution < -0.4 is 5.56 Å². The maximum Gasteiger partial charge on any atom is 0.348 e. The monoisotopic (exact) mass is 256 g/mol. The summed E-state index contributed by atoms with van der Waals surface area (Å²) in [5.41, 5.74) is 0.321. The lowest BCUT2D eigenvalue weighted by Gasteiger charge is -1.95. The molecule has 0 atom stereocenters. The Morgan fingerprint density at radius 3 is 2.75 bits per heavy atom. The van der Waals surface area contributed by atoms with Crippen LogP contribution in [0.15, 0.2) is 4.79 Å². The highest BCUT2D eigenvalue weighted by molar-refractivity contribution is 7.71. The summed E-state index contributed by atoms with van der Waals surface area (Å²) in [4.78, 5) is 29.4. The average Bonchev–Trinajstić information content (AvgIpc) is 2.54. The first-order valence-corrected chi connectivity index (χ1v) is 5.61. The van der Waals surface area contributed by atoms with Crippen molar-refractivity contribution in [1.29, 1.82) is 0 Å². The molecule has 0 aliphatic rings. The van der Waals surface area contributed by atoms with Gasteiger partial charge in [0.1, 0.15) is 9.71 Å². The van der Waals surface area contributed by atoms with Crippen molar-refractivity contribution >= 4 is 39.7 Å². The third-order valence-electron chi connectivity index (χ3n) is 2.20. The lowest BCUT2D eigenvalue weighted by atomic mass is 10.2. The summed E-state index contributed by atoms with van der Waals surface area (Å²) in [5.74, 6) is -0.447. The maximum atomic E-state index is 11.7. The predicted octanol–water partition coefficient (Wildman–Crippen LogP) is 1.74. The molecular formula is C9H8N2O3S2. The number of esters is 1. The average molecular weight is 256 g/mol. The molecule has 0 saturated heterocycles. The van der Waals surface area contributed by atoms with Crippen LogP contribution in [0.3, 0.4) is 0 Å². The van der Waals surface area contributed by atoms with Gasteiger partial charge in [0, 0.05) is 0 Å². The molecule has 2 aromatic heterocycles. The molecule has 2 rings (SSSR count). The number of aromatic amines is 2. The number of carbonyl (C=O) groups is 1. The van der Waals surface area contributed by atoms with Gasteiger partial charge in [-0.2, -0.15) is 0 Å². The number of thiophene rings is 1. The SMILES string of the molecule is COC(=O)c1sc2[nH]c(=S)[nH]c(=O)c2c1C. The Balaban J connectivity index is 2.88. The van der Waals surface area contributed by atoms with E-state index < -0.39 is 5.97 Å². The number of carbonyl (C=O) groups excluding carboxylic acids is 1. The first kappa shape index (κ1) is 11.0. The van der Waals surface area contributed by atoms with Crippen LogP contribution in [-0.4, -0.2) is 23.0 Å². The van der Waals surface area contributed by atoms with Gasteiger partial charge in [0.15, 0.2) is 4.77 Å². The Hall–Kier alpha value is -1.47. The quantitative estimate of drug-likeness (QED) is 0.602. The van der Waals surface area contributed by atoms with Crippen LogP contribution in [0.2, 0.25) is 0 Å². The van der Waals surface area contributed by atoms with Gasteiger partial charge in [-0.3, -0.25) is 9.78 Å². The van der Waals surface area contributed by atoms with Gasteiger partial charge < -0.3 is 9.72 Å². The fourth-order valence-corrected chi connectivity index (χ4v) is 2.85. The largest absolute Gasteiger partial charge is 0.465 e. The van der Waals surface area contributed by atoms with E-state index >= 15 is 0 Å². The molecule has 2 heterocycles. The molecular weight excluding hydrogens is 248 g/mol. The fourth-order valence-electron chi connectivity index (χ4n) is 1.46. The maximum absolute atomic E-state index is 11.7. The Morgan fingerprint density at radius 1 is 1.44 bits per heavy atom. The van der Waals surface area contributed by atoms with Gasteiger partial charge in [-0.1, -0.05) is 0 Å². The molecule has 0 radical (unpaired) electrons. The van der Waals surface area contributed by atoms with Gasteiger partial charge in [-0.25, -0.2) is 4.79 Å². The summed E-state index contributed by atoms with van der Waals surface area (Å²) >= 11 is 6.02. The lowest BCUT2D eigenvalue weighted by Crippen LogP contribution is -2.07. The van der Waals surface area contributed by atoms with Crippen molar-refractivity contribution in [3.63, 3.8) is 0 Å². The summed E-state index contributed by atoms with van der Waals surface area (Å²) in [6.07, 6.45) is 0. The summed E-state index contributed by atoms with van der Waals surface area (Å²) in [6.45, 7) is 1.71. The Kier molecular flexibility index (Phi) is 2.64. The molecule has 7 heteroatoms.